The number of hydrogen-bond acceptors (Lipinski definition) is 5. The topological polar surface area (TPSA) is 81.2 Å². The molecule has 0 unspecified atom stereocenters. The number of nitrogen functional groups attached to an aromatic ring is 1. The summed E-state index contributed by atoms with van der Waals surface area (Å²) < 4.78 is 25.3. The van der Waals surface area contributed by atoms with Crippen LogP contribution in [0.5, 0.6) is 0 Å². The summed E-state index contributed by atoms with van der Waals surface area (Å²) in [7, 11) is 0.431. The van der Waals surface area contributed by atoms with Crippen LogP contribution >= 0.6 is 0 Å². The summed E-state index contributed by atoms with van der Waals surface area (Å²) in [6.07, 6.45) is 4.74. The Morgan fingerprint density at radius 1 is 1.40 bits per heavy atom. The first-order valence-corrected chi connectivity index (χ1v) is 7.95. The van der Waals surface area contributed by atoms with E-state index in [0.717, 1.165) is 12.1 Å². The maximum absolute atomic E-state index is 11.7. The van der Waals surface area contributed by atoms with Gasteiger partial charge < -0.3 is 15.2 Å². The van der Waals surface area contributed by atoms with E-state index >= 15 is 0 Å². The molecule has 0 aliphatic rings. The van der Waals surface area contributed by atoms with Gasteiger partial charge in [0.15, 0.2) is 9.84 Å². The quantitative estimate of drug-likeness (QED) is 0.852. The number of anilines is 2. The third-order valence-electron chi connectivity index (χ3n) is 3.15. The van der Waals surface area contributed by atoms with Crippen LogP contribution in [0.3, 0.4) is 0 Å². The zero-order valence-corrected chi connectivity index (χ0v) is 12.6. The van der Waals surface area contributed by atoms with Crippen LogP contribution in [0, 0.1) is 0 Å². The molecule has 0 aliphatic heterocycles. The highest BCUT2D eigenvalue weighted by Gasteiger charge is 2.16. The molecule has 0 aliphatic carbocycles. The van der Waals surface area contributed by atoms with Crippen molar-refractivity contribution in [1.29, 1.82) is 0 Å². The number of imidazole rings is 1. The molecule has 1 heterocycles. The molecule has 0 fully saturated rings. The van der Waals surface area contributed by atoms with Crippen molar-refractivity contribution in [2.75, 3.05) is 23.9 Å². The average molecular weight is 294 g/mol. The number of sulfone groups is 1. The molecule has 0 bridgehead atoms. The lowest BCUT2D eigenvalue weighted by atomic mass is 10.2. The number of benzene rings is 1. The second-order valence-electron chi connectivity index (χ2n) is 4.77. The Morgan fingerprint density at radius 3 is 2.65 bits per heavy atom. The summed E-state index contributed by atoms with van der Waals surface area (Å²) in [5.41, 5.74) is 6.94. The van der Waals surface area contributed by atoms with Gasteiger partial charge in [0.1, 0.15) is 5.82 Å². The van der Waals surface area contributed by atoms with Gasteiger partial charge in [-0.15, -0.1) is 0 Å². The van der Waals surface area contributed by atoms with Gasteiger partial charge in [-0.2, -0.15) is 0 Å². The molecule has 2 N–H and O–H groups in total. The fourth-order valence-electron chi connectivity index (χ4n) is 2.03. The van der Waals surface area contributed by atoms with Gasteiger partial charge in [0, 0.05) is 32.7 Å². The minimum absolute atomic E-state index is 0.154. The van der Waals surface area contributed by atoms with Gasteiger partial charge in [-0.3, -0.25) is 0 Å². The first kappa shape index (κ1) is 14.4. The number of hydrogen-bond donors (Lipinski definition) is 1. The molecule has 20 heavy (non-hydrogen) atoms. The molecule has 2 rings (SSSR count). The van der Waals surface area contributed by atoms with E-state index < -0.39 is 9.84 Å². The van der Waals surface area contributed by atoms with E-state index in [1.54, 1.807) is 18.3 Å². The zero-order valence-electron chi connectivity index (χ0n) is 11.7. The van der Waals surface area contributed by atoms with Gasteiger partial charge in [-0.25, -0.2) is 13.4 Å². The Morgan fingerprint density at radius 2 is 2.10 bits per heavy atom. The molecule has 1 aromatic heterocycles. The predicted molar refractivity (Wildman–Crippen MR) is 79.3 cm³/mol. The van der Waals surface area contributed by atoms with Crippen LogP contribution in [-0.2, 0) is 23.4 Å². The van der Waals surface area contributed by atoms with Crippen LogP contribution in [0.15, 0.2) is 35.5 Å². The van der Waals surface area contributed by atoms with Crippen LogP contribution in [0.2, 0.25) is 0 Å². The van der Waals surface area contributed by atoms with Crippen molar-refractivity contribution in [3.05, 3.63) is 36.4 Å². The fraction of sp³-hybridized carbons (Fsp3) is 0.308. The summed E-state index contributed by atoms with van der Waals surface area (Å²) in [5, 5.41) is 0. The third kappa shape index (κ3) is 2.77. The Kier molecular flexibility index (Phi) is 3.71. The smallest absolute Gasteiger partial charge is 0.177 e. The van der Waals surface area contributed by atoms with E-state index in [2.05, 4.69) is 4.98 Å². The Bertz CT molecular complexity index is 722. The molecule has 6 nitrogen and oxygen atoms in total. The van der Waals surface area contributed by atoms with Crippen molar-refractivity contribution in [3.8, 4) is 0 Å². The van der Waals surface area contributed by atoms with Crippen molar-refractivity contribution in [2.24, 2.45) is 7.05 Å². The van der Waals surface area contributed by atoms with Crippen LogP contribution in [0.25, 0.3) is 0 Å². The molecule has 2 aromatic rings. The molecule has 0 atom stereocenters. The number of nitrogens with two attached hydrogens (primary N) is 1. The van der Waals surface area contributed by atoms with Crippen LogP contribution in [-0.4, -0.2) is 31.3 Å². The zero-order chi connectivity index (χ0) is 14.9. The highest BCUT2D eigenvalue weighted by atomic mass is 32.2. The summed E-state index contributed by atoms with van der Waals surface area (Å²) in [5.74, 6) is 0.872. The Labute approximate surface area is 118 Å². The number of aromatic nitrogens is 2. The first-order valence-electron chi connectivity index (χ1n) is 6.06. The average Bonchev–Trinajstić information content (AvgIpc) is 2.73. The van der Waals surface area contributed by atoms with Crippen molar-refractivity contribution >= 4 is 21.2 Å². The number of aryl methyl sites for hydroxylation is 1. The highest BCUT2D eigenvalue weighted by molar-refractivity contribution is 7.90. The van der Waals surface area contributed by atoms with Crippen molar-refractivity contribution in [2.45, 2.75) is 11.4 Å². The van der Waals surface area contributed by atoms with Gasteiger partial charge in [-0.1, -0.05) is 6.07 Å². The monoisotopic (exact) mass is 294 g/mol. The third-order valence-corrected chi connectivity index (χ3v) is 4.31. The van der Waals surface area contributed by atoms with Gasteiger partial charge in [0.25, 0.3) is 0 Å². The molecular formula is C13H18N4O2S. The van der Waals surface area contributed by atoms with Crippen molar-refractivity contribution in [1.82, 2.24) is 9.55 Å². The molecule has 0 radical (unpaired) electrons. The van der Waals surface area contributed by atoms with E-state index in [-0.39, 0.29) is 10.6 Å². The predicted octanol–water partition coefficient (Wildman–Crippen LogP) is 1.04. The van der Waals surface area contributed by atoms with Crippen molar-refractivity contribution in [3.63, 3.8) is 0 Å². The summed E-state index contributed by atoms with van der Waals surface area (Å²) in [4.78, 5) is 6.28. The molecular weight excluding hydrogens is 276 g/mol. The van der Waals surface area contributed by atoms with Gasteiger partial charge >= 0.3 is 0 Å². The summed E-state index contributed by atoms with van der Waals surface area (Å²) >= 11 is 0. The Balaban J connectivity index is 2.36. The minimum Gasteiger partial charge on any atom is -0.396 e. The van der Waals surface area contributed by atoms with Crippen molar-refractivity contribution < 1.29 is 8.42 Å². The molecule has 7 heteroatoms. The number of rotatable bonds is 4. The molecule has 0 saturated carbocycles. The normalized spacial score (nSPS) is 11.6. The molecule has 1 aromatic carbocycles. The SMILES string of the molecule is CN(Cc1nccn1C)c1cccc(S(C)(=O)=O)c1N. The molecule has 0 amide bonds. The molecule has 0 saturated heterocycles. The maximum Gasteiger partial charge on any atom is 0.177 e. The van der Waals surface area contributed by atoms with Crippen LogP contribution in [0.4, 0.5) is 11.4 Å². The summed E-state index contributed by atoms with van der Waals surface area (Å²) in [6, 6.07) is 5.01. The minimum atomic E-state index is -3.33. The second kappa shape index (κ2) is 5.16. The van der Waals surface area contributed by atoms with E-state index in [1.807, 2.05) is 29.8 Å². The largest absolute Gasteiger partial charge is 0.396 e. The number of para-hydroxylation sites is 1. The lowest BCUT2D eigenvalue weighted by Gasteiger charge is -2.21. The second-order valence-corrected chi connectivity index (χ2v) is 6.76. The van der Waals surface area contributed by atoms with Gasteiger partial charge in [0.2, 0.25) is 0 Å². The fourth-order valence-corrected chi connectivity index (χ4v) is 2.86. The Hall–Kier alpha value is -2.02. The van der Waals surface area contributed by atoms with E-state index in [9.17, 15) is 8.42 Å². The molecule has 108 valence electrons. The standard InChI is InChI=1S/C13H18N4O2S/c1-16-8-7-15-12(16)9-17(2)10-5-4-6-11(13(10)14)20(3,18)19/h4-8H,9,14H2,1-3H3. The van der Waals surface area contributed by atoms with E-state index in [1.165, 1.54) is 6.07 Å². The summed E-state index contributed by atoms with van der Waals surface area (Å²) in [6.45, 7) is 0.543. The van der Waals surface area contributed by atoms with Crippen LogP contribution < -0.4 is 10.6 Å². The lowest BCUT2D eigenvalue weighted by Crippen LogP contribution is -2.21. The van der Waals surface area contributed by atoms with Gasteiger partial charge in [-0.05, 0) is 12.1 Å². The maximum atomic E-state index is 11.7. The van der Waals surface area contributed by atoms with E-state index in [0.29, 0.717) is 12.2 Å². The first-order chi connectivity index (χ1) is 9.30. The lowest BCUT2D eigenvalue weighted by molar-refractivity contribution is 0.602. The van der Waals surface area contributed by atoms with Gasteiger partial charge in [0.05, 0.1) is 22.8 Å². The van der Waals surface area contributed by atoms with Crippen LogP contribution in [0.1, 0.15) is 5.82 Å². The highest BCUT2D eigenvalue weighted by Crippen LogP contribution is 2.29. The van der Waals surface area contributed by atoms with E-state index in [4.69, 9.17) is 5.73 Å². The molecule has 0 spiro atoms. The number of nitrogens with zero attached hydrogens (tertiary/aromatic N) is 3.